The molecule has 0 radical (unpaired) electrons. The van der Waals surface area contributed by atoms with E-state index in [0.717, 1.165) is 18.8 Å². The van der Waals surface area contributed by atoms with Crippen molar-refractivity contribution in [2.24, 2.45) is 17.3 Å². The quantitative estimate of drug-likeness (QED) is 0.588. The summed E-state index contributed by atoms with van der Waals surface area (Å²) in [5.41, 5.74) is 0.383. The van der Waals surface area contributed by atoms with Crippen molar-refractivity contribution < 1.29 is 4.79 Å². The van der Waals surface area contributed by atoms with Gasteiger partial charge in [0.1, 0.15) is 5.78 Å². The third-order valence-corrected chi connectivity index (χ3v) is 2.96. The number of Topliss-reactive ketones (excluding diaryl/α,β-unsaturated/α-hetero) is 1. The standard InChI is InChI=1S/C11H20O/c1-8-5-10(9(2)12)7-11(3,4)6-8/h8,10H,5-7H2,1-4H3. The molecule has 0 amide bonds. The first-order chi connectivity index (χ1) is 5.41. The Balaban J connectivity index is 2.64. The Bertz CT molecular complexity index is 181. The molecule has 0 saturated heterocycles. The Kier molecular flexibility index (Phi) is 2.60. The minimum Gasteiger partial charge on any atom is -0.300 e. The summed E-state index contributed by atoms with van der Waals surface area (Å²) in [4.78, 5) is 11.2. The fraction of sp³-hybridized carbons (Fsp3) is 0.909. The largest absolute Gasteiger partial charge is 0.300 e. The molecule has 0 N–H and O–H groups in total. The molecule has 12 heavy (non-hydrogen) atoms. The van der Waals surface area contributed by atoms with Gasteiger partial charge in [0.25, 0.3) is 0 Å². The van der Waals surface area contributed by atoms with Gasteiger partial charge in [0.05, 0.1) is 0 Å². The molecule has 2 unspecified atom stereocenters. The van der Waals surface area contributed by atoms with Gasteiger partial charge in [-0.1, -0.05) is 20.8 Å². The lowest BCUT2D eigenvalue weighted by molar-refractivity contribution is -0.123. The number of carbonyl (C=O) groups excluding carboxylic acids is 1. The Morgan fingerprint density at radius 2 is 1.92 bits per heavy atom. The van der Waals surface area contributed by atoms with Crippen LogP contribution < -0.4 is 0 Å². The molecule has 1 aliphatic carbocycles. The summed E-state index contributed by atoms with van der Waals surface area (Å²) in [5.74, 6) is 1.45. The fourth-order valence-electron chi connectivity index (χ4n) is 2.66. The van der Waals surface area contributed by atoms with Crippen LogP contribution in [0.3, 0.4) is 0 Å². The summed E-state index contributed by atoms with van der Waals surface area (Å²) in [6, 6.07) is 0. The van der Waals surface area contributed by atoms with Crippen molar-refractivity contribution in [3.8, 4) is 0 Å². The van der Waals surface area contributed by atoms with Crippen molar-refractivity contribution in [1.82, 2.24) is 0 Å². The van der Waals surface area contributed by atoms with Crippen LogP contribution in [-0.4, -0.2) is 5.78 Å². The molecule has 1 nitrogen and oxygen atoms in total. The summed E-state index contributed by atoms with van der Waals surface area (Å²) in [6.07, 6.45) is 3.47. The van der Waals surface area contributed by atoms with Gasteiger partial charge in [-0.25, -0.2) is 0 Å². The van der Waals surface area contributed by atoms with Crippen molar-refractivity contribution in [3.05, 3.63) is 0 Å². The average Bonchev–Trinajstić information content (AvgIpc) is 1.82. The molecule has 1 rings (SSSR count). The molecule has 1 saturated carbocycles. The first-order valence-corrected chi connectivity index (χ1v) is 4.91. The Morgan fingerprint density at radius 3 is 2.33 bits per heavy atom. The molecule has 70 valence electrons. The highest BCUT2D eigenvalue weighted by Crippen LogP contribution is 2.41. The SMILES string of the molecule is CC(=O)C1CC(C)CC(C)(C)C1. The van der Waals surface area contributed by atoms with Crippen molar-refractivity contribution in [2.45, 2.75) is 47.0 Å². The van der Waals surface area contributed by atoms with Gasteiger partial charge >= 0.3 is 0 Å². The molecule has 0 aromatic heterocycles. The molecular weight excluding hydrogens is 148 g/mol. The van der Waals surface area contributed by atoms with Gasteiger partial charge in [-0.3, -0.25) is 4.79 Å². The second kappa shape index (κ2) is 3.20. The average molecular weight is 168 g/mol. The van der Waals surface area contributed by atoms with E-state index in [9.17, 15) is 4.79 Å². The molecule has 1 fully saturated rings. The minimum atomic E-state index is 0.337. The smallest absolute Gasteiger partial charge is 0.132 e. The van der Waals surface area contributed by atoms with E-state index in [-0.39, 0.29) is 0 Å². The number of hydrogen-bond acceptors (Lipinski definition) is 1. The number of hydrogen-bond donors (Lipinski definition) is 0. The van der Waals surface area contributed by atoms with E-state index in [1.165, 1.54) is 6.42 Å². The van der Waals surface area contributed by atoms with Crippen LogP contribution in [0.4, 0.5) is 0 Å². The Labute approximate surface area is 75.5 Å². The summed E-state index contributed by atoms with van der Waals surface area (Å²) in [5, 5.41) is 0. The number of ketones is 1. The molecule has 1 aliphatic rings. The van der Waals surface area contributed by atoms with Gasteiger partial charge in [-0.05, 0) is 37.5 Å². The maximum atomic E-state index is 11.2. The van der Waals surface area contributed by atoms with E-state index < -0.39 is 0 Å². The zero-order valence-corrected chi connectivity index (χ0v) is 8.68. The molecule has 0 spiro atoms. The second-order valence-corrected chi connectivity index (χ2v) is 5.22. The highest BCUT2D eigenvalue weighted by atomic mass is 16.1. The molecule has 0 aromatic rings. The van der Waals surface area contributed by atoms with Gasteiger partial charge in [0.2, 0.25) is 0 Å². The van der Waals surface area contributed by atoms with Crippen LogP contribution >= 0.6 is 0 Å². The van der Waals surface area contributed by atoms with Crippen LogP contribution in [0.2, 0.25) is 0 Å². The van der Waals surface area contributed by atoms with Gasteiger partial charge in [0.15, 0.2) is 0 Å². The van der Waals surface area contributed by atoms with Crippen molar-refractivity contribution >= 4 is 5.78 Å². The van der Waals surface area contributed by atoms with Crippen LogP contribution in [0.5, 0.6) is 0 Å². The van der Waals surface area contributed by atoms with Gasteiger partial charge in [-0.15, -0.1) is 0 Å². The highest BCUT2D eigenvalue weighted by molar-refractivity contribution is 5.78. The predicted octanol–water partition coefficient (Wildman–Crippen LogP) is 3.04. The van der Waals surface area contributed by atoms with Gasteiger partial charge < -0.3 is 0 Å². The summed E-state index contributed by atoms with van der Waals surface area (Å²) in [7, 11) is 0. The molecule has 0 aromatic carbocycles. The van der Waals surface area contributed by atoms with Gasteiger partial charge in [-0.2, -0.15) is 0 Å². The molecule has 0 aliphatic heterocycles. The van der Waals surface area contributed by atoms with E-state index in [2.05, 4.69) is 20.8 Å². The lowest BCUT2D eigenvalue weighted by Crippen LogP contribution is -2.30. The van der Waals surface area contributed by atoms with E-state index in [1.54, 1.807) is 6.92 Å². The molecule has 0 heterocycles. The topological polar surface area (TPSA) is 17.1 Å². The normalized spacial score (nSPS) is 34.7. The van der Waals surface area contributed by atoms with Crippen LogP contribution in [0.1, 0.15) is 47.0 Å². The van der Waals surface area contributed by atoms with Gasteiger partial charge in [0, 0.05) is 5.92 Å². The second-order valence-electron chi connectivity index (χ2n) is 5.22. The van der Waals surface area contributed by atoms with Crippen molar-refractivity contribution in [1.29, 1.82) is 0 Å². The third-order valence-electron chi connectivity index (χ3n) is 2.96. The Hall–Kier alpha value is -0.330. The zero-order chi connectivity index (χ0) is 9.35. The Morgan fingerprint density at radius 1 is 1.33 bits per heavy atom. The lowest BCUT2D eigenvalue weighted by Gasteiger charge is -2.37. The monoisotopic (exact) mass is 168 g/mol. The first-order valence-electron chi connectivity index (χ1n) is 4.91. The summed E-state index contributed by atoms with van der Waals surface area (Å²) < 4.78 is 0. The summed E-state index contributed by atoms with van der Waals surface area (Å²) in [6.45, 7) is 8.55. The van der Waals surface area contributed by atoms with Crippen LogP contribution in [0.15, 0.2) is 0 Å². The van der Waals surface area contributed by atoms with E-state index >= 15 is 0 Å². The lowest BCUT2D eigenvalue weighted by atomic mass is 9.67. The van der Waals surface area contributed by atoms with Crippen LogP contribution in [0.25, 0.3) is 0 Å². The predicted molar refractivity (Wildman–Crippen MR) is 51.0 cm³/mol. The molecule has 1 heteroatoms. The number of rotatable bonds is 1. The maximum Gasteiger partial charge on any atom is 0.132 e. The molecule has 2 atom stereocenters. The maximum absolute atomic E-state index is 11.2. The highest BCUT2D eigenvalue weighted by Gasteiger charge is 2.33. The van der Waals surface area contributed by atoms with Crippen molar-refractivity contribution in [3.63, 3.8) is 0 Å². The van der Waals surface area contributed by atoms with Crippen molar-refractivity contribution in [2.75, 3.05) is 0 Å². The van der Waals surface area contributed by atoms with Crippen LogP contribution in [-0.2, 0) is 4.79 Å². The van der Waals surface area contributed by atoms with E-state index in [1.807, 2.05) is 0 Å². The minimum absolute atomic E-state index is 0.337. The summed E-state index contributed by atoms with van der Waals surface area (Å²) >= 11 is 0. The third kappa shape index (κ3) is 2.33. The fourth-order valence-corrected chi connectivity index (χ4v) is 2.66. The van der Waals surface area contributed by atoms with E-state index in [0.29, 0.717) is 17.1 Å². The first kappa shape index (κ1) is 9.76. The zero-order valence-electron chi connectivity index (χ0n) is 8.68. The van der Waals surface area contributed by atoms with Crippen LogP contribution in [0, 0.1) is 17.3 Å². The number of carbonyl (C=O) groups is 1. The van der Waals surface area contributed by atoms with E-state index in [4.69, 9.17) is 0 Å². The molecule has 0 bridgehead atoms. The molecular formula is C11H20O.